The quantitative estimate of drug-likeness (QED) is 0.661. The highest BCUT2D eigenvalue weighted by molar-refractivity contribution is 5.92. The van der Waals surface area contributed by atoms with Crippen LogP contribution >= 0.6 is 0 Å². The normalized spacial score (nSPS) is 10.9. The van der Waals surface area contributed by atoms with Crippen molar-refractivity contribution >= 4 is 23.1 Å². The van der Waals surface area contributed by atoms with Gasteiger partial charge in [-0.3, -0.25) is 0 Å². The van der Waals surface area contributed by atoms with Gasteiger partial charge in [-0.25, -0.2) is 4.57 Å². The first-order valence-electron chi connectivity index (χ1n) is 6.45. The Morgan fingerprint density at radius 3 is 2.45 bits per heavy atom. The summed E-state index contributed by atoms with van der Waals surface area (Å²) in [6, 6.07) is 12.6. The predicted molar refractivity (Wildman–Crippen MR) is 79.6 cm³/mol. The largest absolute Gasteiger partial charge is 1.00 e. The van der Waals surface area contributed by atoms with E-state index < -0.39 is 0 Å². The van der Waals surface area contributed by atoms with E-state index >= 15 is 0 Å². The zero-order valence-corrected chi connectivity index (χ0v) is 12.4. The molecule has 0 saturated heterocycles. The lowest BCUT2D eigenvalue weighted by atomic mass is 10.1. The number of aromatic amines is 1. The van der Waals surface area contributed by atoms with Crippen molar-refractivity contribution in [2.24, 2.45) is 7.05 Å². The van der Waals surface area contributed by atoms with E-state index in [2.05, 4.69) is 72.9 Å². The lowest BCUT2D eigenvalue weighted by Crippen LogP contribution is -3.00. The van der Waals surface area contributed by atoms with Gasteiger partial charge in [0.2, 0.25) is 0 Å². The van der Waals surface area contributed by atoms with Crippen molar-refractivity contribution in [2.45, 2.75) is 6.92 Å². The molecule has 0 atom stereocenters. The van der Waals surface area contributed by atoms with Gasteiger partial charge in [-0.2, -0.15) is 0 Å². The fraction of sp³-hybridized carbons (Fsp3) is 0.118. The molecule has 0 aliphatic rings. The molecule has 0 unspecified atom stereocenters. The first-order valence-corrected chi connectivity index (χ1v) is 6.45. The number of halogens is 1. The topological polar surface area (TPSA) is 19.7 Å². The van der Waals surface area contributed by atoms with Gasteiger partial charge in [-0.15, -0.1) is 0 Å². The fourth-order valence-corrected chi connectivity index (χ4v) is 2.32. The van der Waals surface area contributed by atoms with Gasteiger partial charge in [0, 0.05) is 34.3 Å². The van der Waals surface area contributed by atoms with Crippen molar-refractivity contribution in [1.82, 2.24) is 4.98 Å². The third-order valence-corrected chi connectivity index (χ3v) is 3.39. The number of hydrogen-bond acceptors (Lipinski definition) is 0. The van der Waals surface area contributed by atoms with Gasteiger partial charge >= 0.3 is 0 Å². The molecule has 0 fully saturated rings. The summed E-state index contributed by atoms with van der Waals surface area (Å²) in [5.41, 5.74) is 4.88. The van der Waals surface area contributed by atoms with E-state index in [1.54, 1.807) is 0 Å². The number of aromatic nitrogens is 2. The minimum atomic E-state index is 0. The number of benzene rings is 1. The van der Waals surface area contributed by atoms with Gasteiger partial charge < -0.3 is 17.4 Å². The Hall–Kier alpha value is -2.06. The number of rotatable bonds is 2. The molecule has 2 aromatic heterocycles. The van der Waals surface area contributed by atoms with E-state index in [9.17, 15) is 0 Å². The van der Waals surface area contributed by atoms with E-state index in [0.29, 0.717) is 0 Å². The molecular weight excluding hydrogens is 268 g/mol. The molecule has 20 heavy (non-hydrogen) atoms. The number of fused-ring (bicyclic) bond motifs is 1. The first-order chi connectivity index (χ1) is 9.24. The van der Waals surface area contributed by atoms with E-state index in [1.807, 2.05) is 11.6 Å². The molecule has 3 rings (SSSR count). The Labute approximate surface area is 125 Å². The molecule has 3 heteroatoms. The zero-order chi connectivity index (χ0) is 13.2. The van der Waals surface area contributed by atoms with Crippen LogP contribution in [0.1, 0.15) is 16.8 Å². The SMILES string of the molecule is Cc1[nH]c2ccccc2c1/C=C/c1cc[n+](C)cc1.[Cl-]. The number of aryl methyl sites for hydroxylation is 2. The van der Waals surface area contributed by atoms with Crippen LogP contribution in [-0.2, 0) is 7.05 Å². The number of nitrogens with zero attached hydrogens (tertiary/aromatic N) is 1. The van der Waals surface area contributed by atoms with E-state index in [-0.39, 0.29) is 12.4 Å². The molecule has 0 bridgehead atoms. The van der Waals surface area contributed by atoms with Crippen molar-refractivity contribution < 1.29 is 17.0 Å². The van der Waals surface area contributed by atoms with Crippen LogP contribution in [-0.4, -0.2) is 4.98 Å². The summed E-state index contributed by atoms with van der Waals surface area (Å²) in [4.78, 5) is 3.42. The second kappa shape index (κ2) is 5.93. The van der Waals surface area contributed by atoms with Gasteiger partial charge in [0.05, 0.1) is 0 Å². The van der Waals surface area contributed by atoms with E-state index in [4.69, 9.17) is 0 Å². The van der Waals surface area contributed by atoms with Crippen molar-refractivity contribution in [2.75, 3.05) is 0 Å². The molecule has 1 N–H and O–H groups in total. The van der Waals surface area contributed by atoms with Gasteiger partial charge in [0.1, 0.15) is 7.05 Å². The lowest BCUT2D eigenvalue weighted by molar-refractivity contribution is -0.671. The lowest BCUT2D eigenvalue weighted by Gasteiger charge is -1.94. The fourth-order valence-electron chi connectivity index (χ4n) is 2.32. The van der Waals surface area contributed by atoms with Crippen LogP contribution in [0.3, 0.4) is 0 Å². The van der Waals surface area contributed by atoms with Gasteiger partial charge in [-0.1, -0.05) is 30.4 Å². The van der Waals surface area contributed by atoms with Crippen molar-refractivity contribution in [1.29, 1.82) is 0 Å². The number of hydrogen-bond donors (Lipinski definition) is 1. The predicted octanol–water partition coefficient (Wildman–Crippen LogP) is 0.475. The van der Waals surface area contributed by atoms with E-state index in [1.165, 1.54) is 27.7 Å². The highest BCUT2D eigenvalue weighted by Crippen LogP contribution is 2.23. The van der Waals surface area contributed by atoms with Gasteiger partial charge in [0.15, 0.2) is 12.4 Å². The van der Waals surface area contributed by atoms with Crippen LogP contribution in [0.25, 0.3) is 23.1 Å². The maximum Gasteiger partial charge on any atom is 0.169 e. The molecule has 1 aromatic carbocycles. The molecule has 3 aromatic rings. The summed E-state index contributed by atoms with van der Waals surface area (Å²) in [5, 5.41) is 1.28. The summed E-state index contributed by atoms with van der Waals surface area (Å²) >= 11 is 0. The zero-order valence-electron chi connectivity index (χ0n) is 11.6. The Morgan fingerprint density at radius 2 is 1.70 bits per heavy atom. The molecule has 0 spiro atoms. The monoisotopic (exact) mass is 284 g/mol. The van der Waals surface area contributed by atoms with Crippen LogP contribution < -0.4 is 17.0 Å². The molecule has 0 aliphatic heterocycles. The Bertz CT molecular complexity index is 739. The van der Waals surface area contributed by atoms with E-state index in [0.717, 1.165) is 0 Å². The Morgan fingerprint density at radius 1 is 1.00 bits per heavy atom. The summed E-state index contributed by atoms with van der Waals surface area (Å²) in [5.74, 6) is 0. The Kier molecular flexibility index (Phi) is 4.26. The molecule has 0 aliphatic carbocycles. The standard InChI is InChI=1S/C17H16N2.ClH/c1-13-15(16-5-3-4-6-17(16)18-13)8-7-14-9-11-19(2)12-10-14;/h3-12H,1-2H3;1H. The van der Waals surface area contributed by atoms with Crippen LogP contribution in [0.4, 0.5) is 0 Å². The average molecular weight is 285 g/mol. The molecule has 2 nitrogen and oxygen atoms in total. The second-order valence-electron chi connectivity index (χ2n) is 4.84. The maximum atomic E-state index is 3.42. The van der Waals surface area contributed by atoms with Crippen molar-refractivity contribution in [3.05, 3.63) is 65.6 Å². The van der Waals surface area contributed by atoms with Gasteiger partial charge in [-0.05, 0) is 18.6 Å². The second-order valence-corrected chi connectivity index (χ2v) is 4.84. The Balaban J connectivity index is 0.00000147. The highest BCUT2D eigenvalue weighted by atomic mass is 35.5. The summed E-state index contributed by atoms with van der Waals surface area (Å²) in [7, 11) is 2.03. The molecule has 0 radical (unpaired) electrons. The summed E-state index contributed by atoms with van der Waals surface area (Å²) < 4.78 is 2.04. The highest BCUT2D eigenvalue weighted by Gasteiger charge is 2.04. The first kappa shape index (κ1) is 14.4. The maximum absolute atomic E-state index is 3.42. The molecule has 0 saturated carbocycles. The van der Waals surface area contributed by atoms with Crippen LogP contribution in [0.15, 0.2) is 48.8 Å². The summed E-state index contributed by atoms with van der Waals surface area (Å²) in [6.45, 7) is 2.12. The molecule has 2 heterocycles. The average Bonchev–Trinajstić information content (AvgIpc) is 2.74. The number of H-pyrrole nitrogens is 1. The number of pyridine rings is 1. The van der Waals surface area contributed by atoms with Crippen LogP contribution in [0.5, 0.6) is 0 Å². The summed E-state index contributed by atoms with van der Waals surface area (Å²) in [6.07, 6.45) is 8.45. The van der Waals surface area contributed by atoms with Crippen molar-refractivity contribution in [3.63, 3.8) is 0 Å². The van der Waals surface area contributed by atoms with Crippen molar-refractivity contribution in [3.8, 4) is 0 Å². The van der Waals surface area contributed by atoms with Crippen LogP contribution in [0.2, 0.25) is 0 Å². The molecule has 0 amide bonds. The minimum absolute atomic E-state index is 0. The molecule has 102 valence electrons. The molecular formula is C17H17ClN2. The van der Waals surface area contributed by atoms with Crippen LogP contribution in [0, 0.1) is 6.92 Å². The third-order valence-electron chi connectivity index (χ3n) is 3.39. The minimum Gasteiger partial charge on any atom is -1.00 e. The number of para-hydroxylation sites is 1. The smallest absolute Gasteiger partial charge is 0.169 e. The number of nitrogens with one attached hydrogen (secondary N) is 1. The van der Waals surface area contributed by atoms with Gasteiger partial charge in [0.25, 0.3) is 0 Å². The third kappa shape index (κ3) is 2.75.